The molecule has 0 atom stereocenters. The summed E-state index contributed by atoms with van der Waals surface area (Å²) in [4.78, 5) is 9.20. The fraction of sp³-hybridized carbons (Fsp3) is 0.800. The van der Waals surface area contributed by atoms with E-state index in [1.165, 1.54) is 83.5 Å². The van der Waals surface area contributed by atoms with E-state index >= 15 is 0 Å². The Balaban J connectivity index is 1.78. The summed E-state index contributed by atoms with van der Waals surface area (Å²) in [7, 11) is 0. The van der Waals surface area contributed by atoms with Crippen molar-refractivity contribution in [3.8, 4) is 6.07 Å². The van der Waals surface area contributed by atoms with Crippen LogP contribution in [0.25, 0.3) is 0 Å². The lowest BCUT2D eigenvalue weighted by atomic mass is 9.67. The van der Waals surface area contributed by atoms with Gasteiger partial charge in [0.2, 0.25) is 0 Å². The highest BCUT2D eigenvalue weighted by atomic mass is 14.9. The number of hydrogen-bond acceptors (Lipinski definition) is 3. The molecule has 0 radical (unpaired) electrons. The van der Waals surface area contributed by atoms with E-state index in [4.69, 9.17) is 0 Å². The molecule has 2 rings (SSSR count). The van der Waals surface area contributed by atoms with Gasteiger partial charge in [-0.25, -0.2) is 9.97 Å². The average molecular weight is 384 g/mol. The van der Waals surface area contributed by atoms with Crippen LogP contribution in [-0.4, -0.2) is 9.97 Å². The lowest BCUT2D eigenvalue weighted by Crippen LogP contribution is -2.30. The molecule has 3 heteroatoms. The van der Waals surface area contributed by atoms with Gasteiger partial charge in [0.1, 0.15) is 5.82 Å². The zero-order valence-corrected chi connectivity index (χ0v) is 18.4. The van der Waals surface area contributed by atoms with E-state index in [2.05, 4.69) is 29.9 Å². The first-order valence-electron chi connectivity index (χ1n) is 12.0. The summed E-state index contributed by atoms with van der Waals surface area (Å²) in [6.45, 7) is 4.51. The monoisotopic (exact) mass is 383 g/mol. The number of nitrogens with zero attached hydrogens (tertiary/aromatic N) is 3. The summed E-state index contributed by atoms with van der Waals surface area (Å²) in [6.07, 6.45) is 23.7. The first-order chi connectivity index (χ1) is 13.7. The molecule has 0 unspecified atom stereocenters. The van der Waals surface area contributed by atoms with Gasteiger partial charge in [-0.15, -0.1) is 0 Å². The molecule has 0 saturated heterocycles. The number of aromatic nitrogens is 2. The molecule has 1 fully saturated rings. The minimum Gasteiger partial charge on any atom is -0.241 e. The molecule has 1 heterocycles. The molecule has 0 spiro atoms. The molecule has 0 N–H and O–H groups in total. The van der Waals surface area contributed by atoms with Gasteiger partial charge in [-0.1, -0.05) is 78.1 Å². The van der Waals surface area contributed by atoms with Crippen molar-refractivity contribution in [2.24, 2.45) is 5.92 Å². The molecule has 0 aliphatic heterocycles. The van der Waals surface area contributed by atoms with Crippen molar-refractivity contribution < 1.29 is 0 Å². The summed E-state index contributed by atoms with van der Waals surface area (Å²) >= 11 is 0. The molecule has 0 bridgehead atoms. The van der Waals surface area contributed by atoms with Crippen LogP contribution in [0.1, 0.15) is 122 Å². The molecule has 3 nitrogen and oxygen atoms in total. The van der Waals surface area contributed by atoms with Gasteiger partial charge in [0, 0.05) is 24.4 Å². The molecule has 0 amide bonds. The van der Waals surface area contributed by atoms with Crippen molar-refractivity contribution in [3.63, 3.8) is 0 Å². The number of nitriles is 1. The Hall–Kier alpha value is -1.43. The summed E-state index contributed by atoms with van der Waals surface area (Å²) in [5.74, 6) is 1.75. The number of aryl methyl sites for hydroxylation is 1. The molecule has 1 aromatic heterocycles. The Labute approximate surface area is 173 Å². The van der Waals surface area contributed by atoms with Crippen LogP contribution in [0.15, 0.2) is 12.4 Å². The van der Waals surface area contributed by atoms with E-state index < -0.39 is 0 Å². The average Bonchev–Trinajstić information content (AvgIpc) is 2.74. The number of hydrogen-bond donors (Lipinski definition) is 0. The van der Waals surface area contributed by atoms with Crippen LogP contribution in [0.2, 0.25) is 0 Å². The molecule has 1 saturated carbocycles. The van der Waals surface area contributed by atoms with E-state index in [1.807, 2.05) is 12.4 Å². The van der Waals surface area contributed by atoms with Gasteiger partial charge < -0.3 is 0 Å². The van der Waals surface area contributed by atoms with Crippen LogP contribution in [-0.2, 0) is 11.8 Å². The normalized spacial score (nSPS) is 22.1. The summed E-state index contributed by atoms with van der Waals surface area (Å²) in [5, 5.41) is 9.94. The maximum Gasteiger partial charge on any atom is 0.128 e. The third-order valence-corrected chi connectivity index (χ3v) is 6.65. The highest BCUT2D eigenvalue weighted by Gasteiger charge is 2.37. The van der Waals surface area contributed by atoms with E-state index in [0.29, 0.717) is 0 Å². The predicted octanol–water partition coefficient (Wildman–Crippen LogP) is 7.30. The highest BCUT2D eigenvalue weighted by molar-refractivity contribution is 5.29. The van der Waals surface area contributed by atoms with Crippen molar-refractivity contribution in [2.75, 3.05) is 0 Å². The lowest BCUT2D eigenvalue weighted by Gasteiger charge is -2.35. The van der Waals surface area contributed by atoms with Crippen LogP contribution < -0.4 is 0 Å². The molecular formula is C25H41N3. The highest BCUT2D eigenvalue weighted by Crippen LogP contribution is 2.42. The molecule has 0 aromatic carbocycles. The second kappa shape index (κ2) is 12.9. The van der Waals surface area contributed by atoms with Crippen LogP contribution in [0.5, 0.6) is 0 Å². The van der Waals surface area contributed by atoms with Crippen molar-refractivity contribution in [1.29, 1.82) is 5.26 Å². The summed E-state index contributed by atoms with van der Waals surface area (Å²) < 4.78 is 0. The van der Waals surface area contributed by atoms with Gasteiger partial charge in [-0.3, -0.25) is 0 Å². The van der Waals surface area contributed by atoms with Gasteiger partial charge in [0.15, 0.2) is 0 Å². The standard InChI is InChI=1S/C25H41N3/c1-3-5-7-9-11-13-22-15-17-25(21-26,18-16-22)23-19-27-24(28-20-23)14-12-10-8-6-4-2/h19-20,22H,3-18H2,1-2H3/t22-,25+. The van der Waals surface area contributed by atoms with Gasteiger partial charge >= 0.3 is 0 Å². The topological polar surface area (TPSA) is 49.6 Å². The summed E-state index contributed by atoms with van der Waals surface area (Å²) in [5.41, 5.74) is 0.698. The maximum absolute atomic E-state index is 9.94. The second-order valence-electron chi connectivity index (χ2n) is 8.89. The first kappa shape index (κ1) is 22.9. The first-order valence-corrected chi connectivity index (χ1v) is 12.0. The SMILES string of the molecule is CCCCCCCc1ncc([C@]2(C#N)CC[C@H](CCCCCCC)CC2)cn1. The molecule has 1 aromatic rings. The Kier molecular flexibility index (Phi) is 10.5. The molecule has 1 aliphatic rings. The molecular weight excluding hydrogens is 342 g/mol. The lowest BCUT2D eigenvalue weighted by molar-refractivity contribution is 0.260. The van der Waals surface area contributed by atoms with Crippen molar-refractivity contribution in [1.82, 2.24) is 9.97 Å². The summed E-state index contributed by atoms with van der Waals surface area (Å²) in [6, 6.07) is 2.64. The van der Waals surface area contributed by atoms with Crippen molar-refractivity contribution in [3.05, 3.63) is 23.8 Å². The van der Waals surface area contributed by atoms with Crippen molar-refractivity contribution in [2.45, 2.75) is 122 Å². The quantitative estimate of drug-likeness (QED) is 0.336. The third-order valence-electron chi connectivity index (χ3n) is 6.65. The van der Waals surface area contributed by atoms with Crippen LogP contribution in [0.3, 0.4) is 0 Å². The maximum atomic E-state index is 9.94. The van der Waals surface area contributed by atoms with Crippen LogP contribution in [0.4, 0.5) is 0 Å². The Bertz CT molecular complexity index is 564. The predicted molar refractivity (Wildman–Crippen MR) is 117 cm³/mol. The van der Waals surface area contributed by atoms with E-state index in [9.17, 15) is 5.26 Å². The molecule has 156 valence electrons. The third kappa shape index (κ3) is 7.19. The minimum absolute atomic E-state index is 0.349. The Morgan fingerprint density at radius 3 is 2.04 bits per heavy atom. The number of unbranched alkanes of at least 4 members (excludes halogenated alkanes) is 8. The van der Waals surface area contributed by atoms with Crippen molar-refractivity contribution >= 4 is 0 Å². The van der Waals surface area contributed by atoms with Gasteiger partial charge in [0.05, 0.1) is 11.5 Å². The van der Waals surface area contributed by atoms with Gasteiger partial charge in [0.25, 0.3) is 0 Å². The Morgan fingerprint density at radius 2 is 1.46 bits per heavy atom. The number of rotatable bonds is 13. The van der Waals surface area contributed by atoms with Gasteiger partial charge in [-0.05, 0) is 38.0 Å². The minimum atomic E-state index is -0.349. The fourth-order valence-electron chi connectivity index (χ4n) is 4.58. The Morgan fingerprint density at radius 1 is 0.893 bits per heavy atom. The zero-order chi connectivity index (χ0) is 20.1. The van der Waals surface area contributed by atoms with Crippen LogP contribution >= 0.6 is 0 Å². The second-order valence-corrected chi connectivity index (χ2v) is 8.89. The smallest absolute Gasteiger partial charge is 0.128 e. The van der Waals surface area contributed by atoms with E-state index in [0.717, 1.165) is 36.6 Å². The van der Waals surface area contributed by atoms with Crippen LogP contribution in [0, 0.1) is 17.2 Å². The largest absolute Gasteiger partial charge is 0.241 e. The van der Waals surface area contributed by atoms with Gasteiger partial charge in [-0.2, -0.15) is 5.26 Å². The fourth-order valence-corrected chi connectivity index (χ4v) is 4.58. The zero-order valence-electron chi connectivity index (χ0n) is 18.4. The molecule has 1 aliphatic carbocycles. The molecule has 28 heavy (non-hydrogen) atoms. The van der Waals surface area contributed by atoms with E-state index in [1.54, 1.807) is 0 Å². The van der Waals surface area contributed by atoms with E-state index in [-0.39, 0.29) is 5.41 Å².